The molecule has 3 aliphatic heterocycles. The van der Waals surface area contributed by atoms with Crippen LogP contribution in [0.2, 0.25) is 5.02 Å². The molecule has 4 fully saturated rings. The number of nitrogens with zero attached hydrogens (tertiary/aromatic N) is 5. The van der Waals surface area contributed by atoms with E-state index in [9.17, 15) is 23.9 Å². The van der Waals surface area contributed by atoms with E-state index in [1.165, 1.54) is 12.1 Å². The fourth-order valence-electron chi connectivity index (χ4n) is 8.23. The Bertz CT molecular complexity index is 2000. The van der Waals surface area contributed by atoms with E-state index in [2.05, 4.69) is 9.88 Å². The summed E-state index contributed by atoms with van der Waals surface area (Å²) in [5, 5.41) is 20.0. The molecule has 3 N–H and O–H groups in total. The van der Waals surface area contributed by atoms with Gasteiger partial charge in [0.1, 0.15) is 41.0 Å². The molecule has 0 bridgehead atoms. The first-order valence-electron chi connectivity index (χ1n) is 15.2. The summed E-state index contributed by atoms with van der Waals surface area (Å²) < 4.78 is 52.5. The Balaban J connectivity index is 1.27. The van der Waals surface area contributed by atoms with Crippen molar-refractivity contribution in [2.24, 2.45) is 17.8 Å². The Morgan fingerprint density at radius 2 is 2.11 bits per heavy atom. The molecule has 0 amide bonds. The maximum absolute atomic E-state index is 16.9. The maximum Gasteiger partial charge on any atom is 0.319 e. The molecular formula is C32H28ClF3N6O3S. The third-order valence-electron chi connectivity index (χ3n) is 10.5. The monoisotopic (exact) mass is 668 g/mol. The number of hydrogen-bond donors (Lipinski definition) is 2. The number of benzene rings is 2. The van der Waals surface area contributed by atoms with Crippen LogP contribution in [0.1, 0.15) is 31.2 Å². The predicted molar refractivity (Wildman–Crippen MR) is 168 cm³/mol. The highest BCUT2D eigenvalue weighted by Gasteiger charge is 2.51. The zero-order valence-corrected chi connectivity index (χ0v) is 26.0. The molecule has 0 radical (unpaired) electrons. The zero-order chi connectivity index (χ0) is 32.1. The lowest BCUT2D eigenvalue weighted by molar-refractivity contribution is -0.149. The van der Waals surface area contributed by atoms with Crippen molar-refractivity contribution in [1.82, 2.24) is 14.9 Å². The first kappa shape index (κ1) is 29.5. The van der Waals surface area contributed by atoms with Crippen LogP contribution in [0.25, 0.3) is 32.1 Å². The van der Waals surface area contributed by atoms with Crippen molar-refractivity contribution in [3.8, 4) is 23.2 Å². The Kier molecular flexibility index (Phi) is 6.80. The van der Waals surface area contributed by atoms with Gasteiger partial charge in [-0.2, -0.15) is 15.2 Å². The number of nitrogens with two attached hydrogens (primary N) is 1. The third-order valence-corrected chi connectivity index (χ3v) is 11.8. The lowest BCUT2D eigenvalue weighted by Gasteiger charge is -2.35. The number of carbonyl (C=O) groups is 1. The molecule has 2 aromatic heterocycles. The number of hydrogen-bond acceptors (Lipinski definition) is 9. The second-order valence-electron chi connectivity index (χ2n) is 12.9. The van der Waals surface area contributed by atoms with E-state index >= 15 is 4.39 Å². The zero-order valence-electron chi connectivity index (χ0n) is 24.4. The van der Waals surface area contributed by atoms with Crippen molar-refractivity contribution in [3.63, 3.8) is 0 Å². The summed E-state index contributed by atoms with van der Waals surface area (Å²) in [4.78, 5) is 25.0. The molecule has 5 atom stereocenters. The summed E-state index contributed by atoms with van der Waals surface area (Å²) >= 11 is 7.69. The van der Waals surface area contributed by atoms with Crippen molar-refractivity contribution >= 4 is 60.7 Å². The fraction of sp³-hybridized carbons (Fsp3) is 0.438. The lowest BCUT2D eigenvalue weighted by Crippen LogP contribution is -2.43. The van der Waals surface area contributed by atoms with Gasteiger partial charge in [-0.05, 0) is 55.3 Å². The Hall–Kier alpha value is -3.86. The Morgan fingerprint density at radius 3 is 2.89 bits per heavy atom. The topological polar surface area (TPSA) is 129 Å². The summed E-state index contributed by atoms with van der Waals surface area (Å²) in [7, 11) is 0. The molecule has 3 saturated heterocycles. The summed E-state index contributed by atoms with van der Waals surface area (Å²) in [5.41, 5.74) is 5.60. The number of carboxylic acids is 1. The van der Waals surface area contributed by atoms with Crippen molar-refractivity contribution in [2.75, 3.05) is 43.4 Å². The van der Waals surface area contributed by atoms with Crippen LogP contribution in [0.3, 0.4) is 0 Å². The highest BCUT2D eigenvalue weighted by atomic mass is 35.5. The number of halogens is 4. The number of ether oxygens (including phenoxy) is 1. The molecule has 1 aliphatic carbocycles. The second kappa shape index (κ2) is 10.6. The number of rotatable bonds is 6. The van der Waals surface area contributed by atoms with Gasteiger partial charge in [-0.25, -0.2) is 13.2 Å². The van der Waals surface area contributed by atoms with Crippen LogP contribution in [0.5, 0.6) is 6.01 Å². The quantitative estimate of drug-likeness (QED) is 0.254. The van der Waals surface area contributed by atoms with Crippen molar-refractivity contribution in [3.05, 3.63) is 40.4 Å². The molecule has 1 saturated carbocycles. The van der Waals surface area contributed by atoms with Crippen molar-refractivity contribution in [1.29, 1.82) is 5.26 Å². The molecule has 2 aromatic carbocycles. The molecular weight excluding hydrogens is 641 g/mol. The van der Waals surface area contributed by atoms with Gasteiger partial charge < -0.3 is 20.5 Å². The number of carboxylic acid groups (broad SMARTS) is 1. The number of nitrogen functional groups attached to an aromatic ring is 1. The van der Waals surface area contributed by atoms with Gasteiger partial charge in [-0.3, -0.25) is 9.69 Å². The van der Waals surface area contributed by atoms with E-state index in [0.29, 0.717) is 43.7 Å². The van der Waals surface area contributed by atoms with Gasteiger partial charge in [0.05, 0.1) is 26.7 Å². The molecule has 8 rings (SSSR count). The van der Waals surface area contributed by atoms with Gasteiger partial charge in [0.15, 0.2) is 5.82 Å². The molecule has 4 aliphatic rings. The number of anilines is 2. The van der Waals surface area contributed by atoms with Crippen molar-refractivity contribution < 1.29 is 27.8 Å². The normalized spacial score (nSPS) is 27.2. The number of fused-ring (bicyclic) bond motifs is 4. The van der Waals surface area contributed by atoms with Crippen LogP contribution in [-0.2, 0) is 4.79 Å². The molecule has 4 aromatic rings. The minimum atomic E-state index is -0.960. The lowest BCUT2D eigenvalue weighted by atomic mass is 9.67. The molecule has 5 heterocycles. The summed E-state index contributed by atoms with van der Waals surface area (Å²) in [5.74, 6) is -2.25. The van der Waals surface area contributed by atoms with Crippen LogP contribution in [0.4, 0.5) is 24.0 Å². The molecule has 0 spiro atoms. The summed E-state index contributed by atoms with van der Waals surface area (Å²) in [6.45, 7) is 2.18. The number of nitriles is 1. The average Bonchev–Trinajstić information content (AvgIpc) is 3.73. The van der Waals surface area contributed by atoms with Gasteiger partial charge in [0.2, 0.25) is 0 Å². The number of thiophene rings is 1. The number of alkyl halides is 1. The van der Waals surface area contributed by atoms with Crippen LogP contribution in [0, 0.1) is 40.7 Å². The van der Waals surface area contributed by atoms with Gasteiger partial charge >= 0.3 is 12.0 Å². The molecule has 9 nitrogen and oxygen atoms in total. The van der Waals surface area contributed by atoms with Crippen LogP contribution < -0.4 is 15.4 Å². The maximum atomic E-state index is 16.9. The van der Waals surface area contributed by atoms with E-state index in [-0.39, 0.29) is 66.8 Å². The largest absolute Gasteiger partial charge is 0.481 e. The smallest absolute Gasteiger partial charge is 0.319 e. The summed E-state index contributed by atoms with van der Waals surface area (Å²) in [6.07, 6.45) is 1.61. The predicted octanol–water partition coefficient (Wildman–Crippen LogP) is 6.01. The first-order valence-corrected chi connectivity index (χ1v) is 16.4. The standard InChI is InChI=1S/C32H28ClF3N6O3S/c33-21-7-18-26(25(36)24(21)16-2-3-22(35)27-23(16)19(9-37)28(38)46-27)39-31(45-13-32-4-1-5-42(32)11-15(34)8-32)40-29(18)41-10-14-6-17(30(43)44)20(14)12-41/h2-3,7,14-15,17,20H,1,4-6,8,10-13,38H2,(H,43,44)/t14?,15-,17?,20?,32+/m1/s1. The minimum Gasteiger partial charge on any atom is -0.481 e. The van der Waals surface area contributed by atoms with Crippen LogP contribution in [0.15, 0.2) is 18.2 Å². The van der Waals surface area contributed by atoms with Crippen LogP contribution in [-0.4, -0.2) is 70.4 Å². The van der Waals surface area contributed by atoms with E-state index in [1.807, 2.05) is 11.0 Å². The molecule has 3 unspecified atom stereocenters. The highest BCUT2D eigenvalue weighted by Crippen LogP contribution is 2.50. The Labute approximate surface area is 270 Å². The van der Waals surface area contributed by atoms with Gasteiger partial charge in [0.25, 0.3) is 0 Å². The first-order chi connectivity index (χ1) is 22.1. The Morgan fingerprint density at radius 1 is 1.28 bits per heavy atom. The van der Waals surface area contributed by atoms with Gasteiger partial charge in [-0.15, -0.1) is 11.3 Å². The second-order valence-corrected chi connectivity index (χ2v) is 14.4. The number of aromatic nitrogens is 2. The minimum absolute atomic E-state index is 0.00361. The summed E-state index contributed by atoms with van der Waals surface area (Å²) in [6, 6.07) is 6.01. The fourth-order valence-corrected chi connectivity index (χ4v) is 9.48. The SMILES string of the molecule is N#Cc1c(N)sc2c(F)ccc(-c3c(Cl)cc4c(N5CC6CC(C(=O)O)C6C5)nc(OC[C@@]56CCCN5C[C@H](F)C6)nc4c3F)c12. The van der Waals surface area contributed by atoms with E-state index in [4.69, 9.17) is 27.1 Å². The molecule has 46 heavy (non-hydrogen) atoms. The molecule has 14 heteroatoms. The molecule has 238 valence electrons. The third kappa shape index (κ3) is 4.33. The van der Waals surface area contributed by atoms with Crippen molar-refractivity contribution in [2.45, 2.75) is 37.4 Å². The van der Waals surface area contributed by atoms with Gasteiger partial charge in [-0.1, -0.05) is 17.7 Å². The highest BCUT2D eigenvalue weighted by molar-refractivity contribution is 7.23. The van der Waals surface area contributed by atoms with E-state index in [0.717, 1.165) is 30.7 Å². The number of aliphatic carboxylic acids is 1. The average molecular weight is 669 g/mol. The van der Waals surface area contributed by atoms with E-state index < -0.39 is 35.2 Å². The van der Waals surface area contributed by atoms with Gasteiger partial charge in [0, 0.05) is 42.4 Å². The van der Waals surface area contributed by atoms with E-state index in [1.54, 1.807) is 6.07 Å². The van der Waals surface area contributed by atoms with Crippen LogP contribution >= 0.6 is 22.9 Å².